The predicted molar refractivity (Wildman–Crippen MR) is 89.2 cm³/mol. The molecule has 4 atom stereocenters. The molecule has 0 amide bonds. The molecular weight excluding hydrogens is 290 g/mol. The maximum Gasteiger partial charge on any atom is 0.123 e. The van der Waals surface area contributed by atoms with Gasteiger partial charge in [0.25, 0.3) is 0 Å². The number of benzene rings is 1. The van der Waals surface area contributed by atoms with Gasteiger partial charge in [-0.15, -0.1) is 0 Å². The topological polar surface area (TPSA) is 44.5 Å². The molecule has 20 heavy (non-hydrogen) atoms. The molecule has 0 saturated carbocycles. The summed E-state index contributed by atoms with van der Waals surface area (Å²) in [5.41, 5.74) is 7.54. The van der Waals surface area contributed by atoms with Crippen molar-refractivity contribution in [3.63, 3.8) is 0 Å². The van der Waals surface area contributed by atoms with Crippen LogP contribution in [-0.4, -0.2) is 35.7 Å². The molecule has 0 aromatic heterocycles. The fourth-order valence-corrected chi connectivity index (χ4v) is 5.33. The number of hydrogen-bond donors (Lipinski definition) is 1. The third kappa shape index (κ3) is 3.38. The molecule has 1 fully saturated rings. The number of rotatable bonds is 4. The van der Waals surface area contributed by atoms with Gasteiger partial charge in [0.1, 0.15) is 11.5 Å². The van der Waals surface area contributed by atoms with Gasteiger partial charge in [-0.3, -0.25) is 0 Å². The zero-order valence-electron chi connectivity index (χ0n) is 12.5. The molecule has 0 bridgehead atoms. The van der Waals surface area contributed by atoms with Crippen molar-refractivity contribution in [2.24, 2.45) is 5.73 Å². The summed E-state index contributed by atoms with van der Waals surface area (Å²) >= 11 is 4.00. The van der Waals surface area contributed by atoms with Crippen molar-refractivity contribution in [1.82, 2.24) is 0 Å². The van der Waals surface area contributed by atoms with Crippen LogP contribution in [-0.2, 0) is 0 Å². The van der Waals surface area contributed by atoms with E-state index in [0.717, 1.165) is 22.8 Å². The average Bonchev–Trinajstić information content (AvgIpc) is 2.48. The Labute approximate surface area is 130 Å². The SMILES string of the molecule is COc1ccc(OC)c(C(N)C2CSC(C)C(C)S2)c1. The smallest absolute Gasteiger partial charge is 0.123 e. The summed E-state index contributed by atoms with van der Waals surface area (Å²) in [4.78, 5) is 0. The van der Waals surface area contributed by atoms with Gasteiger partial charge in [-0.05, 0) is 18.2 Å². The average molecular weight is 313 g/mol. The van der Waals surface area contributed by atoms with Crippen LogP contribution in [0.5, 0.6) is 11.5 Å². The summed E-state index contributed by atoms with van der Waals surface area (Å²) in [6.45, 7) is 4.57. The van der Waals surface area contributed by atoms with Crippen LogP contribution in [0.15, 0.2) is 18.2 Å². The lowest BCUT2D eigenvalue weighted by atomic mass is 10.0. The first-order valence-electron chi connectivity index (χ1n) is 6.81. The Balaban J connectivity index is 2.21. The lowest BCUT2D eigenvalue weighted by molar-refractivity contribution is 0.395. The highest BCUT2D eigenvalue weighted by molar-refractivity contribution is 8.07. The molecule has 0 radical (unpaired) electrons. The number of hydrogen-bond acceptors (Lipinski definition) is 5. The standard InChI is InChI=1S/C15H23NO2S2/c1-9-10(2)20-14(8-19-9)15(16)12-7-11(17-3)5-6-13(12)18-4/h5-7,9-10,14-15H,8,16H2,1-4H3. The van der Waals surface area contributed by atoms with E-state index in [-0.39, 0.29) is 6.04 Å². The predicted octanol–water partition coefficient (Wildman–Crippen LogP) is 3.33. The van der Waals surface area contributed by atoms with Crippen molar-refractivity contribution in [2.45, 2.75) is 35.6 Å². The third-order valence-corrected chi connectivity index (χ3v) is 7.29. The lowest BCUT2D eigenvalue weighted by Gasteiger charge is -2.35. The minimum Gasteiger partial charge on any atom is -0.497 e. The van der Waals surface area contributed by atoms with E-state index < -0.39 is 0 Å². The van der Waals surface area contributed by atoms with E-state index in [1.807, 2.05) is 41.7 Å². The monoisotopic (exact) mass is 313 g/mol. The molecule has 3 nitrogen and oxygen atoms in total. The van der Waals surface area contributed by atoms with Crippen LogP contribution in [0, 0.1) is 0 Å². The highest BCUT2D eigenvalue weighted by Gasteiger charge is 2.31. The van der Waals surface area contributed by atoms with E-state index in [9.17, 15) is 0 Å². The molecule has 0 aliphatic carbocycles. The minimum atomic E-state index is -0.0347. The molecule has 1 saturated heterocycles. The summed E-state index contributed by atoms with van der Waals surface area (Å²) in [5, 5.41) is 1.73. The second-order valence-electron chi connectivity index (χ2n) is 5.05. The van der Waals surface area contributed by atoms with Gasteiger partial charge in [0.15, 0.2) is 0 Å². The van der Waals surface area contributed by atoms with Crippen LogP contribution in [0.2, 0.25) is 0 Å². The number of thioether (sulfide) groups is 2. The molecule has 1 aromatic carbocycles. The zero-order chi connectivity index (χ0) is 14.7. The first-order valence-corrected chi connectivity index (χ1v) is 8.80. The Hall–Kier alpha value is -0.520. The summed E-state index contributed by atoms with van der Waals surface area (Å²) < 4.78 is 10.8. The van der Waals surface area contributed by atoms with Crippen molar-refractivity contribution >= 4 is 23.5 Å². The Kier molecular flexibility index (Phi) is 5.52. The van der Waals surface area contributed by atoms with Crippen LogP contribution < -0.4 is 15.2 Å². The molecule has 1 aliphatic rings. The maximum absolute atomic E-state index is 6.51. The fraction of sp³-hybridized carbons (Fsp3) is 0.600. The molecule has 0 spiro atoms. The molecular formula is C15H23NO2S2. The van der Waals surface area contributed by atoms with Crippen molar-refractivity contribution in [3.8, 4) is 11.5 Å². The molecule has 112 valence electrons. The van der Waals surface area contributed by atoms with Gasteiger partial charge in [-0.25, -0.2) is 0 Å². The van der Waals surface area contributed by atoms with E-state index in [4.69, 9.17) is 15.2 Å². The molecule has 1 aromatic rings. The first kappa shape index (κ1) is 15.9. The van der Waals surface area contributed by atoms with Crippen LogP contribution in [0.1, 0.15) is 25.5 Å². The summed E-state index contributed by atoms with van der Waals surface area (Å²) in [5.74, 6) is 2.75. The van der Waals surface area contributed by atoms with E-state index in [0.29, 0.717) is 15.7 Å². The second-order valence-corrected chi connectivity index (χ2v) is 8.08. The molecule has 4 unspecified atom stereocenters. The van der Waals surface area contributed by atoms with E-state index in [1.165, 1.54) is 0 Å². The van der Waals surface area contributed by atoms with Gasteiger partial charge >= 0.3 is 0 Å². The van der Waals surface area contributed by atoms with Crippen molar-refractivity contribution in [3.05, 3.63) is 23.8 Å². The van der Waals surface area contributed by atoms with Crippen LogP contribution in [0.25, 0.3) is 0 Å². The van der Waals surface area contributed by atoms with Gasteiger partial charge in [0.2, 0.25) is 0 Å². The first-order chi connectivity index (χ1) is 9.56. The van der Waals surface area contributed by atoms with Gasteiger partial charge in [-0.1, -0.05) is 13.8 Å². The van der Waals surface area contributed by atoms with E-state index in [2.05, 4.69) is 13.8 Å². The lowest BCUT2D eigenvalue weighted by Crippen LogP contribution is -2.34. The summed E-state index contributed by atoms with van der Waals surface area (Å²) in [7, 11) is 3.36. The fourth-order valence-electron chi connectivity index (χ4n) is 2.30. The summed E-state index contributed by atoms with van der Waals surface area (Å²) in [6.07, 6.45) is 0. The van der Waals surface area contributed by atoms with Gasteiger partial charge in [-0.2, -0.15) is 23.5 Å². The second kappa shape index (κ2) is 6.96. The number of ether oxygens (including phenoxy) is 2. The van der Waals surface area contributed by atoms with E-state index in [1.54, 1.807) is 14.2 Å². The molecule has 2 N–H and O–H groups in total. The maximum atomic E-state index is 6.51. The Morgan fingerprint density at radius 2 is 1.95 bits per heavy atom. The van der Waals surface area contributed by atoms with Gasteiger partial charge in [0, 0.05) is 33.1 Å². The number of methoxy groups -OCH3 is 2. The molecule has 5 heteroatoms. The van der Waals surface area contributed by atoms with Crippen LogP contribution >= 0.6 is 23.5 Å². The highest BCUT2D eigenvalue weighted by Crippen LogP contribution is 2.42. The van der Waals surface area contributed by atoms with Crippen LogP contribution in [0.3, 0.4) is 0 Å². The summed E-state index contributed by atoms with van der Waals surface area (Å²) in [6, 6.07) is 5.80. The normalized spacial score (nSPS) is 27.9. The van der Waals surface area contributed by atoms with Crippen molar-refractivity contribution in [1.29, 1.82) is 0 Å². The third-order valence-electron chi connectivity index (χ3n) is 3.77. The molecule has 1 aliphatic heterocycles. The van der Waals surface area contributed by atoms with E-state index >= 15 is 0 Å². The number of nitrogens with two attached hydrogens (primary N) is 1. The minimum absolute atomic E-state index is 0.0347. The molecule has 2 rings (SSSR count). The zero-order valence-corrected chi connectivity index (χ0v) is 14.1. The van der Waals surface area contributed by atoms with Crippen molar-refractivity contribution in [2.75, 3.05) is 20.0 Å². The Morgan fingerprint density at radius 1 is 1.20 bits per heavy atom. The Bertz CT molecular complexity index is 455. The highest BCUT2D eigenvalue weighted by atomic mass is 32.2. The van der Waals surface area contributed by atoms with Crippen LogP contribution in [0.4, 0.5) is 0 Å². The molecule has 1 heterocycles. The largest absolute Gasteiger partial charge is 0.497 e. The van der Waals surface area contributed by atoms with Gasteiger partial charge in [0.05, 0.1) is 14.2 Å². The van der Waals surface area contributed by atoms with Crippen molar-refractivity contribution < 1.29 is 9.47 Å². The quantitative estimate of drug-likeness (QED) is 0.923. The van der Waals surface area contributed by atoms with Gasteiger partial charge < -0.3 is 15.2 Å². The Morgan fingerprint density at radius 3 is 2.55 bits per heavy atom.